The molecule has 0 saturated heterocycles. The van der Waals surface area contributed by atoms with Gasteiger partial charge in [0.25, 0.3) is 0 Å². The van der Waals surface area contributed by atoms with Gasteiger partial charge in [-0.25, -0.2) is 0 Å². The van der Waals surface area contributed by atoms with Gasteiger partial charge >= 0.3 is 0 Å². The van der Waals surface area contributed by atoms with Crippen molar-refractivity contribution in [1.82, 2.24) is 0 Å². The Morgan fingerprint density at radius 3 is 3.18 bits per heavy atom. The number of rotatable bonds is 0. The standard InChI is InChI=1S/C11H14/c1-2-7-11-8-10(11)6-3-5-9(11)4-1/h9-10H,1-2,4,6-8H2/t9?,10-,11?/m1/s1. The molecule has 0 radical (unpaired) electrons. The van der Waals surface area contributed by atoms with Gasteiger partial charge in [-0.3, -0.25) is 0 Å². The molecule has 0 nitrogen and oxygen atoms in total. The van der Waals surface area contributed by atoms with Crippen LogP contribution in [0, 0.1) is 29.1 Å². The molecule has 2 saturated carbocycles. The van der Waals surface area contributed by atoms with Crippen LogP contribution in [0.15, 0.2) is 0 Å². The lowest BCUT2D eigenvalue weighted by atomic mass is 9.73. The third-order valence-electron chi connectivity index (χ3n) is 3.98. The molecule has 3 aliphatic rings. The first-order valence-corrected chi connectivity index (χ1v) is 4.90. The van der Waals surface area contributed by atoms with Gasteiger partial charge in [-0.05, 0) is 30.6 Å². The van der Waals surface area contributed by atoms with Gasteiger partial charge in [-0.1, -0.05) is 18.8 Å². The van der Waals surface area contributed by atoms with E-state index in [0.717, 1.165) is 17.3 Å². The highest BCUT2D eigenvalue weighted by atomic mass is 14.6. The van der Waals surface area contributed by atoms with Crippen LogP contribution in [0.25, 0.3) is 0 Å². The molecule has 0 amide bonds. The molecule has 2 fully saturated rings. The fourth-order valence-corrected chi connectivity index (χ4v) is 3.19. The van der Waals surface area contributed by atoms with E-state index in [2.05, 4.69) is 11.8 Å². The lowest BCUT2D eigenvalue weighted by Crippen LogP contribution is -2.23. The summed E-state index contributed by atoms with van der Waals surface area (Å²) >= 11 is 0. The van der Waals surface area contributed by atoms with Crippen molar-refractivity contribution in [3.8, 4) is 11.8 Å². The molecule has 0 heterocycles. The van der Waals surface area contributed by atoms with Gasteiger partial charge in [0, 0.05) is 12.3 Å². The molecule has 0 N–H and O–H groups in total. The summed E-state index contributed by atoms with van der Waals surface area (Å²) in [6.45, 7) is 0. The van der Waals surface area contributed by atoms with E-state index in [1.54, 1.807) is 0 Å². The Kier molecular flexibility index (Phi) is 1.02. The van der Waals surface area contributed by atoms with Crippen LogP contribution in [-0.2, 0) is 0 Å². The Hall–Kier alpha value is -0.440. The van der Waals surface area contributed by atoms with E-state index in [1.165, 1.54) is 38.5 Å². The molecule has 3 rings (SSSR count). The molecule has 3 aliphatic carbocycles. The highest BCUT2D eigenvalue weighted by Crippen LogP contribution is 2.66. The molecule has 0 aromatic heterocycles. The van der Waals surface area contributed by atoms with Crippen LogP contribution >= 0.6 is 0 Å². The SMILES string of the molecule is C1#CC2CCCCC23C[C@H]3C1. The van der Waals surface area contributed by atoms with Crippen LogP contribution < -0.4 is 0 Å². The van der Waals surface area contributed by atoms with Gasteiger partial charge in [0.2, 0.25) is 0 Å². The lowest BCUT2D eigenvalue weighted by Gasteiger charge is -2.30. The summed E-state index contributed by atoms with van der Waals surface area (Å²) in [6.07, 6.45) is 8.54. The smallest absolute Gasteiger partial charge is 0.0262 e. The summed E-state index contributed by atoms with van der Waals surface area (Å²) in [5.41, 5.74) is 0.767. The average Bonchev–Trinajstić information content (AvgIpc) is 2.75. The van der Waals surface area contributed by atoms with Gasteiger partial charge < -0.3 is 0 Å². The monoisotopic (exact) mass is 146 g/mol. The Morgan fingerprint density at radius 1 is 1.27 bits per heavy atom. The Bertz CT molecular complexity index is 242. The normalized spacial score (nSPS) is 51.6. The zero-order chi connectivity index (χ0) is 7.31. The van der Waals surface area contributed by atoms with Crippen LogP contribution in [0.3, 0.4) is 0 Å². The van der Waals surface area contributed by atoms with Crippen molar-refractivity contribution in [3.63, 3.8) is 0 Å². The molecule has 58 valence electrons. The van der Waals surface area contributed by atoms with Crippen LogP contribution in [-0.4, -0.2) is 0 Å². The van der Waals surface area contributed by atoms with Crippen LogP contribution in [0.5, 0.6) is 0 Å². The Balaban J connectivity index is 1.95. The van der Waals surface area contributed by atoms with Crippen molar-refractivity contribution < 1.29 is 0 Å². The topological polar surface area (TPSA) is 0 Å². The summed E-state index contributed by atoms with van der Waals surface area (Å²) in [7, 11) is 0. The summed E-state index contributed by atoms with van der Waals surface area (Å²) in [4.78, 5) is 0. The van der Waals surface area contributed by atoms with Crippen molar-refractivity contribution in [3.05, 3.63) is 0 Å². The third kappa shape index (κ3) is 0.670. The van der Waals surface area contributed by atoms with Crippen molar-refractivity contribution in [2.75, 3.05) is 0 Å². The van der Waals surface area contributed by atoms with E-state index in [-0.39, 0.29) is 0 Å². The van der Waals surface area contributed by atoms with E-state index >= 15 is 0 Å². The van der Waals surface area contributed by atoms with E-state index in [4.69, 9.17) is 0 Å². The molecule has 0 bridgehead atoms. The third-order valence-corrected chi connectivity index (χ3v) is 3.98. The minimum Gasteiger partial charge on any atom is -0.103 e. The second-order valence-electron chi connectivity index (χ2n) is 4.46. The lowest BCUT2D eigenvalue weighted by molar-refractivity contribution is 0.240. The van der Waals surface area contributed by atoms with Gasteiger partial charge in [0.05, 0.1) is 0 Å². The highest BCUT2D eigenvalue weighted by molar-refractivity contribution is 5.25. The minimum absolute atomic E-state index is 0.767. The minimum atomic E-state index is 0.767. The fraction of sp³-hybridized carbons (Fsp3) is 0.818. The van der Waals surface area contributed by atoms with E-state index in [1.807, 2.05) is 0 Å². The summed E-state index contributed by atoms with van der Waals surface area (Å²) in [6, 6.07) is 0. The Labute approximate surface area is 68.4 Å². The maximum absolute atomic E-state index is 3.45. The number of hydrogen-bond donors (Lipinski definition) is 0. The van der Waals surface area contributed by atoms with Gasteiger partial charge in [-0.15, -0.1) is 5.92 Å². The van der Waals surface area contributed by atoms with Gasteiger partial charge in [-0.2, -0.15) is 0 Å². The van der Waals surface area contributed by atoms with Crippen LogP contribution in [0.1, 0.15) is 38.5 Å². The van der Waals surface area contributed by atoms with Crippen molar-refractivity contribution >= 4 is 0 Å². The number of hydrogen-bond acceptors (Lipinski definition) is 0. The fourth-order valence-electron chi connectivity index (χ4n) is 3.19. The predicted octanol–water partition coefficient (Wildman–Crippen LogP) is 2.59. The van der Waals surface area contributed by atoms with Crippen molar-refractivity contribution in [2.24, 2.45) is 17.3 Å². The molecule has 3 atom stereocenters. The van der Waals surface area contributed by atoms with E-state index in [9.17, 15) is 0 Å². The predicted molar refractivity (Wildman–Crippen MR) is 44.9 cm³/mol. The molecule has 0 aromatic rings. The second kappa shape index (κ2) is 1.83. The second-order valence-corrected chi connectivity index (χ2v) is 4.46. The quantitative estimate of drug-likeness (QED) is 0.461. The molecule has 11 heavy (non-hydrogen) atoms. The van der Waals surface area contributed by atoms with E-state index in [0.29, 0.717) is 0 Å². The van der Waals surface area contributed by atoms with Gasteiger partial charge in [0.1, 0.15) is 0 Å². The zero-order valence-corrected chi connectivity index (χ0v) is 6.90. The first kappa shape index (κ1) is 6.12. The van der Waals surface area contributed by atoms with E-state index < -0.39 is 0 Å². The molecular weight excluding hydrogens is 132 g/mol. The molecule has 0 aromatic carbocycles. The maximum atomic E-state index is 3.45. The van der Waals surface area contributed by atoms with Crippen LogP contribution in [0.4, 0.5) is 0 Å². The van der Waals surface area contributed by atoms with Crippen LogP contribution in [0.2, 0.25) is 0 Å². The largest absolute Gasteiger partial charge is 0.103 e. The molecule has 2 unspecified atom stereocenters. The average molecular weight is 146 g/mol. The molecule has 1 spiro atoms. The van der Waals surface area contributed by atoms with Crippen molar-refractivity contribution in [1.29, 1.82) is 0 Å². The Morgan fingerprint density at radius 2 is 2.27 bits per heavy atom. The molecular formula is C11H14. The maximum Gasteiger partial charge on any atom is 0.0262 e. The highest BCUT2D eigenvalue weighted by Gasteiger charge is 2.59. The molecule has 0 heteroatoms. The summed E-state index contributed by atoms with van der Waals surface area (Å²) in [5.74, 6) is 8.61. The van der Waals surface area contributed by atoms with Gasteiger partial charge in [0.15, 0.2) is 0 Å². The zero-order valence-electron chi connectivity index (χ0n) is 6.90. The first-order valence-electron chi connectivity index (χ1n) is 4.90. The summed E-state index contributed by atoms with van der Waals surface area (Å²) < 4.78 is 0. The molecule has 0 aliphatic heterocycles. The first-order chi connectivity index (χ1) is 5.42. The van der Waals surface area contributed by atoms with Crippen molar-refractivity contribution in [2.45, 2.75) is 38.5 Å². The summed E-state index contributed by atoms with van der Waals surface area (Å²) in [5, 5.41) is 0.